The summed E-state index contributed by atoms with van der Waals surface area (Å²) in [5.41, 5.74) is 0.350. The molecule has 1 saturated carbocycles. The van der Waals surface area contributed by atoms with Gasteiger partial charge in [0.05, 0.1) is 27.3 Å². The number of anilines is 2. The van der Waals surface area contributed by atoms with Crippen molar-refractivity contribution in [2.75, 3.05) is 62.7 Å². The fraction of sp³-hybridized carbons (Fsp3) is 0.407. The number of rotatable bonds is 15. The number of sulfonamides is 1. The fourth-order valence-corrected chi connectivity index (χ4v) is 12.3. The summed E-state index contributed by atoms with van der Waals surface area (Å²) in [4.78, 5) is 38.7. The highest BCUT2D eigenvalue weighted by atomic mass is 32.2. The number of ether oxygens (including phenoxy) is 2. The van der Waals surface area contributed by atoms with E-state index in [0.717, 1.165) is 56.5 Å². The van der Waals surface area contributed by atoms with Crippen LogP contribution in [0.4, 0.5) is 34.6 Å². The van der Waals surface area contributed by atoms with Gasteiger partial charge in [-0.05, 0) is 90.6 Å². The third-order valence-electron chi connectivity index (χ3n) is 15.5. The molecule has 2 aromatic heterocycles. The monoisotopic (exact) mass is 1040 g/mol. The Morgan fingerprint density at radius 3 is 2.41 bits per heavy atom. The zero-order valence-corrected chi connectivity index (χ0v) is 41.9. The summed E-state index contributed by atoms with van der Waals surface area (Å²) in [6.45, 7) is 7.61. The number of benzene rings is 4. The van der Waals surface area contributed by atoms with E-state index in [1.54, 1.807) is 18.3 Å². The number of carbonyl (C=O) groups is 1. The molecule has 0 unspecified atom stereocenters. The van der Waals surface area contributed by atoms with E-state index in [2.05, 4.69) is 57.1 Å². The van der Waals surface area contributed by atoms with Crippen LogP contribution in [0.25, 0.3) is 11.0 Å². The zero-order valence-electron chi connectivity index (χ0n) is 41.1. The summed E-state index contributed by atoms with van der Waals surface area (Å²) in [7, 11) is -4.81. The van der Waals surface area contributed by atoms with Gasteiger partial charge in [-0.25, -0.2) is 35.7 Å². The average Bonchev–Trinajstić information content (AvgIpc) is 3.85. The Hall–Kier alpha value is -6.61. The number of nitro benzene ring substituents is 1. The van der Waals surface area contributed by atoms with E-state index in [1.165, 1.54) is 41.6 Å². The number of aromatic nitrogens is 2. The quantitative estimate of drug-likeness (QED) is 0.0505. The molecule has 1 aliphatic carbocycles. The number of H-pyrrole nitrogens is 1. The second-order valence-electron chi connectivity index (χ2n) is 20.5. The Morgan fingerprint density at radius 1 is 0.932 bits per heavy atom. The van der Waals surface area contributed by atoms with Crippen molar-refractivity contribution in [1.82, 2.24) is 24.5 Å². The molecule has 6 aromatic rings. The number of hydrogen-bond donors (Lipinski definition) is 3. The molecule has 0 bridgehead atoms. The second-order valence-corrected chi connectivity index (χ2v) is 22.2. The number of halogens is 4. The lowest BCUT2D eigenvalue weighted by molar-refractivity contribution is -0.384. The molecule has 20 heteroatoms. The highest BCUT2D eigenvalue weighted by molar-refractivity contribution is 7.90. The molecule has 15 nitrogen and oxygen atoms in total. The van der Waals surface area contributed by atoms with Gasteiger partial charge in [0.2, 0.25) is 0 Å². The van der Waals surface area contributed by atoms with Crippen LogP contribution >= 0.6 is 0 Å². The van der Waals surface area contributed by atoms with Gasteiger partial charge in [-0.2, -0.15) is 0 Å². The Kier molecular flexibility index (Phi) is 14.2. The Morgan fingerprint density at radius 2 is 1.68 bits per heavy atom. The number of pyridine rings is 1. The fourth-order valence-electron chi connectivity index (χ4n) is 11.3. The number of fused-ring (bicyclic) bond motifs is 1. The molecule has 1 amide bonds. The highest BCUT2D eigenvalue weighted by Gasteiger charge is 2.50. The summed E-state index contributed by atoms with van der Waals surface area (Å²) in [6, 6.07) is 21.4. The van der Waals surface area contributed by atoms with Crippen molar-refractivity contribution >= 4 is 44.0 Å². The lowest BCUT2D eigenvalue weighted by atomic mass is 9.59. The van der Waals surface area contributed by atoms with Crippen molar-refractivity contribution in [2.45, 2.75) is 87.5 Å². The smallest absolute Gasteiger partial charge is 0.293 e. The van der Waals surface area contributed by atoms with Gasteiger partial charge in [0.15, 0.2) is 0 Å². The van der Waals surface area contributed by atoms with Crippen molar-refractivity contribution in [3.05, 3.63) is 147 Å². The molecule has 3 aliphatic heterocycles. The molecular formula is C54H58F4N8O7S. The summed E-state index contributed by atoms with van der Waals surface area (Å²) in [5.74, 6) is -2.84. The van der Waals surface area contributed by atoms with Gasteiger partial charge in [0.1, 0.15) is 46.0 Å². The molecule has 1 spiro atoms. The maximum Gasteiger partial charge on any atom is 0.293 e. The number of hydrogen-bond acceptors (Lipinski definition) is 12. The van der Waals surface area contributed by atoms with Crippen LogP contribution in [-0.4, -0.2) is 103 Å². The van der Waals surface area contributed by atoms with E-state index in [-0.39, 0.29) is 91.0 Å². The predicted molar refractivity (Wildman–Crippen MR) is 271 cm³/mol. The first-order valence-electron chi connectivity index (χ1n) is 25.0. The highest BCUT2D eigenvalue weighted by Crippen LogP contribution is 2.54. The van der Waals surface area contributed by atoms with Gasteiger partial charge in [-0.1, -0.05) is 44.2 Å². The summed E-state index contributed by atoms with van der Waals surface area (Å²) < 4.78 is 102. The molecule has 74 heavy (non-hydrogen) atoms. The van der Waals surface area contributed by atoms with Crippen LogP contribution in [0.15, 0.2) is 102 Å². The summed E-state index contributed by atoms with van der Waals surface area (Å²) >= 11 is 0. The largest absolute Gasteiger partial charge is 0.455 e. The molecule has 5 heterocycles. The second kappa shape index (κ2) is 20.6. The van der Waals surface area contributed by atoms with Crippen molar-refractivity contribution in [3.63, 3.8) is 0 Å². The third-order valence-corrected chi connectivity index (χ3v) is 16.8. The normalized spacial score (nSPS) is 19.4. The molecule has 3 N–H and O–H groups in total. The molecule has 4 fully saturated rings. The molecule has 390 valence electrons. The number of carbonyl (C=O) groups excluding carboxylic acids is 1. The number of nitrogens with zero attached hydrogens (tertiary/aromatic N) is 5. The van der Waals surface area contributed by atoms with Crippen molar-refractivity contribution < 1.29 is 45.2 Å². The number of piperidine rings is 1. The standard InChI is InChI=1S/C54H58F4N8O7S/c1-34(2)39-6-3-4-7-40(39)49-32-63(31-42-43(55)8-5-9-44(42)56)20-21-65(49)36-28-53(29-36)13-18-64(19-14-53)47-27-50(73-37-24-35-12-17-59-51(35)60-30-37)41(26-45(47)57)52(67)62-74(70,71)38-10-11-46(48(25-38)66(68)69)61-33-54(58)15-22-72-23-16-54/h3-12,17,24-27,30,34,36,49,61H,13-16,18-23,28-29,31-33H2,1-2H3,(H,59,60)(H,62,67)/t49-/m0/s1. The molecule has 3 saturated heterocycles. The topological polar surface area (TPSA) is 175 Å². The molecule has 1 atom stereocenters. The molecule has 0 radical (unpaired) electrons. The Bertz CT molecular complexity index is 3170. The van der Waals surface area contributed by atoms with Gasteiger partial charge in [-0.15, -0.1) is 0 Å². The van der Waals surface area contributed by atoms with Crippen LogP contribution in [0.3, 0.4) is 0 Å². The molecular weight excluding hydrogens is 981 g/mol. The van der Waals surface area contributed by atoms with E-state index in [1.807, 2.05) is 15.7 Å². The van der Waals surface area contributed by atoms with E-state index in [4.69, 9.17) is 9.47 Å². The number of nitrogens with one attached hydrogen (secondary N) is 3. The van der Waals surface area contributed by atoms with Gasteiger partial charge in [0, 0.05) is 113 Å². The van der Waals surface area contributed by atoms with E-state index in [9.17, 15) is 32.1 Å². The van der Waals surface area contributed by atoms with E-state index < -0.39 is 60.1 Å². The number of amides is 1. The minimum Gasteiger partial charge on any atom is -0.455 e. The molecule has 4 aliphatic rings. The van der Waals surface area contributed by atoms with Gasteiger partial charge in [0.25, 0.3) is 21.6 Å². The predicted octanol–water partition coefficient (Wildman–Crippen LogP) is 10.2. The maximum atomic E-state index is 16.5. The summed E-state index contributed by atoms with van der Waals surface area (Å²) in [5, 5.41) is 15.6. The number of aromatic amines is 1. The van der Waals surface area contributed by atoms with E-state index in [0.29, 0.717) is 37.2 Å². The van der Waals surface area contributed by atoms with Crippen LogP contribution in [0.5, 0.6) is 11.5 Å². The van der Waals surface area contributed by atoms with Crippen LogP contribution in [-0.2, 0) is 21.3 Å². The van der Waals surface area contributed by atoms with Gasteiger partial charge in [-0.3, -0.25) is 24.7 Å². The Balaban J connectivity index is 0.857. The van der Waals surface area contributed by atoms with Crippen LogP contribution in [0.2, 0.25) is 0 Å². The van der Waals surface area contributed by atoms with Crippen LogP contribution in [0, 0.1) is 33.0 Å². The minimum atomic E-state index is -4.81. The van der Waals surface area contributed by atoms with E-state index >= 15 is 8.78 Å². The Labute approximate surface area is 426 Å². The number of nitro groups is 1. The maximum absolute atomic E-state index is 16.5. The van der Waals surface area contributed by atoms with Crippen molar-refractivity contribution in [1.29, 1.82) is 0 Å². The first-order chi connectivity index (χ1) is 35.5. The SMILES string of the molecule is CC(C)c1ccccc1[C@@H]1CN(Cc2c(F)cccc2F)CCN1C1CC2(CCN(c3cc(Oc4cnc5[nH]ccc5c4)c(C(=O)NS(=O)(=O)c4ccc(NCC5(F)CCOCC5)c([N+](=O)[O-])c4)cc3F)CC2)C1. The lowest BCUT2D eigenvalue weighted by Crippen LogP contribution is -2.60. The molecule has 10 rings (SSSR count). The van der Waals surface area contributed by atoms with Gasteiger partial charge >= 0.3 is 0 Å². The van der Waals surface area contributed by atoms with Crippen molar-refractivity contribution in [3.8, 4) is 11.5 Å². The molecule has 4 aromatic carbocycles. The summed E-state index contributed by atoms with van der Waals surface area (Å²) in [6.07, 6.45) is 6.65. The first-order valence-corrected chi connectivity index (χ1v) is 26.5. The third kappa shape index (κ3) is 10.5. The number of alkyl halides is 1. The van der Waals surface area contributed by atoms with Gasteiger partial charge < -0.3 is 24.7 Å². The average molecular weight is 1040 g/mol. The van der Waals surface area contributed by atoms with Crippen LogP contribution < -0.4 is 19.7 Å². The zero-order chi connectivity index (χ0) is 51.9. The number of piperazine rings is 1. The lowest BCUT2D eigenvalue weighted by Gasteiger charge is -2.58. The minimum absolute atomic E-state index is 0.00189. The first kappa shape index (κ1) is 50.9. The van der Waals surface area contributed by atoms with Crippen molar-refractivity contribution in [2.24, 2.45) is 5.41 Å². The van der Waals surface area contributed by atoms with Crippen LogP contribution in [0.1, 0.15) is 91.4 Å².